The maximum Gasteiger partial charge on any atom is 0.226 e. The molecule has 0 aliphatic carbocycles. The first-order valence-corrected chi connectivity index (χ1v) is 8.02. The summed E-state index contributed by atoms with van der Waals surface area (Å²) >= 11 is 0. The van der Waals surface area contributed by atoms with Gasteiger partial charge >= 0.3 is 0 Å². The van der Waals surface area contributed by atoms with Crippen LogP contribution in [0, 0.1) is 5.92 Å². The van der Waals surface area contributed by atoms with Crippen LogP contribution in [0.1, 0.15) is 37.4 Å². The van der Waals surface area contributed by atoms with Gasteiger partial charge in [0.2, 0.25) is 5.91 Å². The van der Waals surface area contributed by atoms with Crippen molar-refractivity contribution >= 4 is 18.3 Å². The number of hydrogen-bond donors (Lipinski definition) is 2. The highest BCUT2D eigenvalue weighted by Gasteiger charge is 2.33. The Morgan fingerprint density at radius 1 is 1.18 bits per heavy atom. The first-order valence-electron chi connectivity index (χ1n) is 8.02. The van der Waals surface area contributed by atoms with Gasteiger partial charge in [-0.05, 0) is 37.8 Å². The van der Waals surface area contributed by atoms with Gasteiger partial charge in [-0.25, -0.2) is 0 Å². The van der Waals surface area contributed by atoms with Crippen LogP contribution in [0.4, 0.5) is 0 Å². The van der Waals surface area contributed by atoms with E-state index in [0.29, 0.717) is 0 Å². The largest absolute Gasteiger partial charge is 0.373 e. The highest BCUT2D eigenvalue weighted by Crippen LogP contribution is 2.33. The van der Waals surface area contributed by atoms with Crippen molar-refractivity contribution in [3.8, 4) is 0 Å². The van der Waals surface area contributed by atoms with Crippen LogP contribution in [0.3, 0.4) is 0 Å². The van der Waals surface area contributed by atoms with Crippen molar-refractivity contribution in [3.05, 3.63) is 35.9 Å². The van der Waals surface area contributed by atoms with Crippen LogP contribution < -0.4 is 10.6 Å². The number of hydrogen-bond acceptors (Lipinski definition) is 3. The lowest BCUT2D eigenvalue weighted by atomic mass is 9.88. The molecule has 122 valence electrons. The summed E-state index contributed by atoms with van der Waals surface area (Å²) in [6.45, 7) is 2.69. The Bertz CT molecular complexity index is 463. The van der Waals surface area contributed by atoms with Crippen LogP contribution in [0.25, 0.3) is 0 Å². The molecule has 22 heavy (non-hydrogen) atoms. The van der Waals surface area contributed by atoms with Crippen molar-refractivity contribution in [2.75, 3.05) is 19.7 Å². The monoisotopic (exact) mass is 324 g/mol. The molecule has 4 nitrogen and oxygen atoms in total. The van der Waals surface area contributed by atoms with Crippen molar-refractivity contribution in [1.82, 2.24) is 10.6 Å². The molecule has 0 bridgehead atoms. The van der Waals surface area contributed by atoms with E-state index < -0.39 is 0 Å². The van der Waals surface area contributed by atoms with Gasteiger partial charge in [-0.1, -0.05) is 30.3 Å². The zero-order chi connectivity index (χ0) is 14.5. The molecule has 0 aromatic heterocycles. The number of carbonyl (C=O) groups is 1. The Labute approximate surface area is 138 Å². The standard InChI is InChI=1S/C17H24N2O2.ClH/c20-17(19-14-8-4-10-18-12-14)15-9-5-11-21-16(15)13-6-2-1-3-7-13;/h1-3,6-7,14-16,18H,4-5,8-12H2,(H,19,20);1H/t14-,15?,16?;/m1./s1. The van der Waals surface area contributed by atoms with Crippen molar-refractivity contribution in [2.45, 2.75) is 37.8 Å². The molecule has 0 saturated carbocycles. The summed E-state index contributed by atoms with van der Waals surface area (Å²) in [5, 5.41) is 6.55. The van der Waals surface area contributed by atoms with E-state index in [1.165, 1.54) is 0 Å². The minimum Gasteiger partial charge on any atom is -0.373 e. The number of amides is 1. The molecule has 2 fully saturated rings. The summed E-state index contributed by atoms with van der Waals surface area (Å²) in [4.78, 5) is 12.6. The minimum absolute atomic E-state index is 0. The van der Waals surface area contributed by atoms with E-state index in [4.69, 9.17) is 4.74 Å². The van der Waals surface area contributed by atoms with Crippen LogP contribution in [-0.4, -0.2) is 31.6 Å². The molecule has 1 amide bonds. The molecule has 1 aromatic carbocycles. The van der Waals surface area contributed by atoms with Crippen LogP contribution >= 0.6 is 12.4 Å². The maximum absolute atomic E-state index is 12.6. The Morgan fingerprint density at radius 3 is 2.73 bits per heavy atom. The van der Waals surface area contributed by atoms with Crippen molar-refractivity contribution in [3.63, 3.8) is 0 Å². The lowest BCUT2D eigenvalue weighted by molar-refractivity contribution is -0.135. The average molecular weight is 325 g/mol. The molecule has 2 aliphatic heterocycles. The Kier molecular flexibility index (Phi) is 6.68. The average Bonchev–Trinajstić information content (AvgIpc) is 2.56. The number of benzene rings is 1. The third-order valence-electron chi connectivity index (χ3n) is 4.43. The molecular formula is C17H25ClN2O2. The van der Waals surface area contributed by atoms with Crippen LogP contribution in [0.2, 0.25) is 0 Å². The van der Waals surface area contributed by atoms with Crippen molar-refractivity contribution in [1.29, 1.82) is 0 Å². The number of carbonyl (C=O) groups excluding carboxylic acids is 1. The van der Waals surface area contributed by atoms with Gasteiger partial charge in [-0.15, -0.1) is 12.4 Å². The molecule has 2 N–H and O–H groups in total. The summed E-state index contributed by atoms with van der Waals surface area (Å²) in [7, 11) is 0. The zero-order valence-corrected chi connectivity index (χ0v) is 13.6. The maximum atomic E-state index is 12.6. The van der Waals surface area contributed by atoms with Crippen molar-refractivity contribution < 1.29 is 9.53 Å². The fourth-order valence-corrected chi connectivity index (χ4v) is 3.30. The molecule has 5 heteroatoms. The molecule has 2 saturated heterocycles. The minimum atomic E-state index is -0.100. The summed E-state index contributed by atoms with van der Waals surface area (Å²) in [6.07, 6.45) is 3.98. The first-order chi connectivity index (χ1) is 10.3. The lowest BCUT2D eigenvalue weighted by Gasteiger charge is -2.33. The van der Waals surface area contributed by atoms with E-state index in [0.717, 1.165) is 50.9 Å². The Hall–Kier alpha value is -1.10. The molecule has 0 radical (unpaired) electrons. The van der Waals surface area contributed by atoms with Gasteiger partial charge in [0, 0.05) is 19.2 Å². The number of ether oxygens (including phenoxy) is 1. The normalized spacial score (nSPS) is 28.5. The highest BCUT2D eigenvalue weighted by molar-refractivity contribution is 5.85. The summed E-state index contributed by atoms with van der Waals surface area (Å²) in [5.74, 6) is 0.0836. The molecule has 2 aliphatic rings. The highest BCUT2D eigenvalue weighted by atomic mass is 35.5. The zero-order valence-electron chi connectivity index (χ0n) is 12.8. The van der Waals surface area contributed by atoms with E-state index in [1.807, 2.05) is 18.2 Å². The fraction of sp³-hybridized carbons (Fsp3) is 0.588. The summed E-state index contributed by atoms with van der Waals surface area (Å²) < 4.78 is 5.91. The number of halogens is 1. The summed E-state index contributed by atoms with van der Waals surface area (Å²) in [6, 6.07) is 10.4. The van der Waals surface area contributed by atoms with Gasteiger partial charge in [-0.2, -0.15) is 0 Å². The number of piperidine rings is 1. The van der Waals surface area contributed by atoms with E-state index in [9.17, 15) is 4.79 Å². The van der Waals surface area contributed by atoms with Gasteiger partial charge in [0.05, 0.1) is 12.0 Å². The lowest BCUT2D eigenvalue weighted by Crippen LogP contribution is -2.49. The SMILES string of the molecule is Cl.O=C(N[C@@H]1CCCNC1)C1CCCOC1c1ccccc1. The molecular weight excluding hydrogens is 300 g/mol. The molecule has 3 atom stereocenters. The van der Waals surface area contributed by atoms with Crippen LogP contribution in [0.5, 0.6) is 0 Å². The third kappa shape index (κ3) is 4.22. The first kappa shape index (κ1) is 17.3. The second-order valence-corrected chi connectivity index (χ2v) is 6.00. The number of nitrogens with one attached hydrogen (secondary N) is 2. The van der Waals surface area contributed by atoms with Gasteiger partial charge in [-0.3, -0.25) is 4.79 Å². The van der Waals surface area contributed by atoms with Gasteiger partial charge in [0.1, 0.15) is 0 Å². The molecule has 0 spiro atoms. The third-order valence-corrected chi connectivity index (χ3v) is 4.43. The Balaban J connectivity index is 0.00000176. The molecule has 2 heterocycles. The fourth-order valence-electron chi connectivity index (χ4n) is 3.30. The van der Waals surface area contributed by atoms with Gasteiger partial charge < -0.3 is 15.4 Å². The van der Waals surface area contributed by atoms with Crippen LogP contribution in [0.15, 0.2) is 30.3 Å². The molecule has 3 rings (SSSR count). The topological polar surface area (TPSA) is 50.4 Å². The quantitative estimate of drug-likeness (QED) is 0.898. The predicted octanol–water partition coefficient (Wildman–Crippen LogP) is 2.44. The second-order valence-electron chi connectivity index (χ2n) is 6.00. The van der Waals surface area contributed by atoms with E-state index in [1.54, 1.807) is 0 Å². The smallest absolute Gasteiger partial charge is 0.226 e. The van der Waals surface area contributed by atoms with Gasteiger partial charge in [0.25, 0.3) is 0 Å². The van der Waals surface area contributed by atoms with E-state index in [2.05, 4.69) is 22.8 Å². The Morgan fingerprint density at radius 2 is 2.00 bits per heavy atom. The van der Waals surface area contributed by atoms with E-state index >= 15 is 0 Å². The predicted molar refractivity (Wildman–Crippen MR) is 89.1 cm³/mol. The molecule has 1 aromatic rings. The second kappa shape index (κ2) is 8.51. The van der Waals surface area contributed by atoms with E-state index in [-0.39, 0.29) is 36.4 Å². The van der Waals surface area contributed by atoms with Gasteiger partial charge in [0.15, 0.2) is 0 Å². The number of rotatable bonds is 3. The van der Waals surface area contributed by atoms with Crippen LogP contribution in [-0.2, 0) is 9.53 Å². The van der Waals surface area contributed by atoms with Crippen molar-refractivity contribution in [2.24, 2.45) is 5.92 Å². The molecule has 2 unspecified atom stereocenters. The summed E-state index contributed by atoms with van der Waals surface area (Å²) in [5.41, 5.74) is 1.11.